The normalized spacial score (nSPS) is 25.4. The lowest BCUT2D eigenvalue weighted by molar-refractivity contribution is -0.110. The van der Waals surface area contributed by atoms with Gasteiger partial charge in [0.25, 0.3) is 5.91 Å². The highest BCUT2D eigenvalue weighted by Gasteiger charge is 2.50. The number of likely N-dealkylation sites (tertiary alicyclic amines) is 1. The fraction of sp³-hybridized carbons (Fsp3) is 0.407. The Morgan fingerprint density at radius 1 is 1.06 bits per heavy atom. The van der Waals surface area contributed by atoms with E-state index in [1.807, 2.05) is 71.1 Å². The molecule has 3 aromatic rings. The van der Waals surface area contributed by atoms with Gasteiger partial charge in [-0.15, -0.1) is 0 Å². The molecule has 2 fully saturated rings. The van der Waals surface area contributed by atoms with Gasteiger partial charge in [0.05, 0.1) is 12.1 Å². The van der Waals surface area contributed by atoms with Crippen molar-refractivity contribution in [2.75, 3.05) is 6.54 Å². The third-order valence-electron chi connectivity index (χ3n) is 7.39. The number of aliphatic hydroxyl groups is 1. The SMILES string of the molecule is Cc1cc(C(=O)N2CC[C@@](O)(c3ccccc3)[C@@H]3CCCCC32)nn1Cc1ccccc1. The van der Waals surface area contributed by atoms with Crippen LogP contribution in [0.3, 0.4) is 0 Å². The number of piperidine rings is 1. The Kier molecular flexibility index (Phi) is 5.60. The van der Waals surface area contributed by atoms with E-state index in [4.69, 9.17) is 0 Å². The Morgan fingerprint density at radius 2 is 1.75 bits per heavy atom. The summed E-state index contributed by atoms with van der Waals surface area (Å²) in [5.74, 6) is 0.0516. The summed E-state index contributed by atoms with van der Waals surface area (Å²) in [5.41, 5.74) is 2.76. The maximum atomic E-state index is 13.6. The fourth-order valence-corrected chi connectivity index (χ4v) is 5.70. The number of hydrogen-bond donors (Lipinski definition) is 1. The second-order valence-corrected chi connectivity index (χ2v) is 9.31. The topological polar surface area (TPSA) is 58.4 Å². The van der Waals surface area contributed by atoms with E-state index in [-0.39, 0.29) is 17.9 Å². The number of carbonyl (C=O) groups excluding carboxylic acids is 1. The Labute approximate surface area is 189 Å². The summed E-state index contributed by atoms with van der Waals surface area (Å²) in [7, 11) is 0. The van der Waals surface area contributed by atoms with Gasteiger partial charge in [-0.2, -0.15) is 5.10 Å². The Morgan fingerprint density at radius 3 is 2.50 bits per heavy atom. The first-order valence-corrected chi connectivity index (χ1v) is 11.7. The quantitative estimate of drug-likeness (QED) is 0.663. The van der Waals surface area contributed by atoms with Gasteiger partial charge < -0.3 is 10.0 Å². The number of rotatable bonds is 4. The van der Waals surface area contributed by atoms with Crippen molar-refractivity contribution in [1.29, 1.82) is 0 Å². The molecule has 2 aliphatic rings. The molecule has 0 bridgehead atoms. The van der Waals surface area contributed by atoms with Crippen LogP contribution in [0.4, 0.5) is 0 Å². The van der Waals surface area contributed by atoms with Gasteiger partial charge >= 0.3 is 0 Å². The van der Waals surface area contributed by atoms with Crippen molar-refractivity contribution in [2.45, 2.75) is 57.2 Å². The summed E-state index contributed by atoms with van der Waals surface area (Å²) < 4.78 is 1.91. The van der Waals surface area contributed by atoms with E-state index in [1.54, 1.807) is 0 Å². The van der Waals surface area contributed by atoms with Gasteiger partial charge in [0.2, 0.25) is 0 Å². The van der Waals surface area contributed by atoms with Crippen LogP contribution in [0.5, 0.6) is 0 Å². The van der Waals surface area contributed by atoms with Gasteiger partial charge in [0.15, 0.2) is 5.69 Å². The van der Waals surface area contributed by atoms with E-state index < -0.39 is 5.60 Å². The zero-order chi connectivity index (χ0) is 22.1. The van der Waals surface area contributed by atoms with Gasteiger partial charge in [-0.25, -0.2) is 0 Å². The van der Waals surface area contributed by atoms with Crippen LogP contribution in [0, 0.1) is 12.8 Å². The highest BCUT2D eigenvalue weighted by atomic mass is 16.3. The summed E-state index contributed by atoms with van der Waals surface area (Å²) in [6.07, 6.45) is 4.64. The van der Waals surface area contributed by atoms with E-state index >= 15 is 0 Å². The number of benzene rings is 2. The average Bonchev–Trinajstić information content (AvgIpc) is 3.20. The fourth-order valence-electron chi connectivity index (χ4n) is 5.70. The number of fused-ring (bicyclic) bond motifs is 1. The van der Waals surface area contributed by atoms with E-state index in [2.05, 4.69) is 17.2 Å². The van der Waals surface area contributed by atoms with Crippen molar-refractivity contribution in [3.63, 3.8) is 0 Å². The summed E-state index contributed by atoms with van der Waals surface area (Å²) in [4.78, 5) is 15.6. The predicted octanol–water partition coefficient (Wildman–Crippen LogP) is 4.53. The number of aryl methyl sites for hydroxylation is 1. The first-order valence-electron chi connectivity index (χ1n) is 11.7. The summed E-state index contributed by atoms with van der Waals surface area (Å²) in [5, 5.41) is 16.4. The van der Waals surface area contributed by atoms with Gasteiger partial charge in [-0.1, -0.05) is 73.5 Å². The first-order chi connectivity index (χ1) is 15.6. The second kappa shape index (κ2) is 8.55. The van der Waals surface area contributed by atoms with Gasteiger partial charge in [-0.3, -0.25) is 9.48 Å². The zero-order valence-electron chi connectivity index (χ0n) is 18.7. The van der Waals surface area contributed by atoms with E-state index in [1.165, 1.54) is 0 Å². The molecule has 1 saturated carbocycles. The maximum absolute atomic E-state index is 13.6. The molecule has 1 N–H and O–H groups in total. The third-order valence-corrected chi connectivity index (χ3v) is 7.39. The minimum Gasteiger partial charge on any atom is -0.385 e. The molecule has 1 saturated heterocycles. The molecule has 5 heteroatoms. The molecule has 3 atom stereocenters. The lowest BCUT2D eigenvalue weighted by Crippen LogP contribution is -2.59. The van der Waals surface area contributed by atoms with E-state index in [0.29, 0.717) is 25.2 Å². The highest BCUT2D eigenvalue weighted by molar-refractivity contribution is 5.92. The Bertz CT molecular complexity index is 1080. The van der Waals surface area contributed by atoms with Crippen molar-refractivity contribution in [2.24, 2.45) is 5.92 Å². The molecule has 1 amide bonds. The molecule has 32 heavy (non-hydrogen) atoms. The van der Waals surface area contributed by atoms with Gasteiger partial charge in [0, 0.05) is 24.2 Å². The van der Waals surface area contributed by atoms with Crippen molar-refractivity contribution in [1.82, 2.24) is 14.7 Å². The molecular weight excluding hydrogens is 398 g/mol. The molecule has 1 aliphatic heterocycles. The largest absolute Gasteiger partial charge is 0.385 e. The van der Waals surface area contributed by atoms with Crippen LogP contribution in [0.15, 0.2) is 66.7 Å². The molecule has 1 aliphatic carbocycles. The summed E-state index contributed by atoms with van der Waals surface area (Å²) in [6.45, 7) is 3.20. The predicted molar refractivity (Wildman–Crippen MR) is 124 cm³/mol. The molecule has 5 nitrogen and oxygen atoms in total. The number of carbonyl (C=O) groups is 1. The Hall–Kier alpha value is -2.92. The zero-order valence-corrected chi connectivity index (χ0v) is 18.7. The lowest BCUT2D eigenvalue weighted by Gasteiger charge is -2.52. The minimum atomic E-state index is -0.869. The smallest absolute Gasteiger partial charge is 0.274 e. The average molecular weight is 430 g/mol. The molecule has 166 valence electrons. The van der Waals surface area contributed by atoms with E-state index in [9.17, 15) is 9.90 Å². The van der Waals surface area contributed by atoms with Gasteiger partial charge in [-0.05, 0) is 43.4 Å². The summed E-state index contributed by atoms with van der Waals surface area (Å²) >= 11 is 0. The van der Waals surface area contributed by atoms with Crippen molar-refractivity contribution in [3.05, 3.63) is 89.2 Å². The minimum absolute atomic E-state index is 0.00748. The van der Waals surface area contributed by atoms with E-state index in [0.717, 1.165) is 42.5 Å². The monoisotopic (exact) mass is 429 g/mol. The second-order valence-electron chi connectivity index (χ2n) is 9.31. The number of amides is 1. The van der Waals surface area contributed by atoms with Crippen molar-refractivity contribution < 1.29 is 9.90 Å². The molecule has 1 unspecified atom stereocenters. The van der Waals surface area contributed by atoms with Crippen LogP contribution >= 0.6 is 0 Å². The van der Waals surface area contributed by atoms with Crippen LogP contribution in [-0.2, 0) is 12.1 Å². The third kappa shape index (κ3) is 3.75. The molecule has 1 aromatic heterocycles. The van der Waals surface area contributed by atoms with Gasteiger partial charge in [0.1, 0.15) is 0 Å². The summed E-state index contributed by atoms with van der Waals surface area (Å²) in [6, 6.07) is 22.2. The van der Waals surface area contributed by atoms with Crippen LogP contribution < -0.4 is 0 Å². The number of nitrogens with zero attached hydrogens (tertiary/aromatic N) is 3. The molecule has 0 spiro atoms. The van der Waals surface area contributed by atoms with Crippen LogP contribution in [0.1, 0.15) is 59.4 Å². The highest BCUT2D eigenvalue weighted by Crippen LogP contribution is 2.47. The Balaban J connectivity index is 1.40. The van der Waals surface area contributed by atoms with Crippen molar-refractivity contribution in [3.8, 4) is 0 Å². The lowest BCUT2D eigenvalue weighted by atomic mass is 9.66. The van der Waals surface area contributed by atoms with Crippen LogP contribution in [0.2, 0.25) is 0 Å². The maximum Gasteiger partial charge on any atom is 0.274 e. The number of aromatic nitrogens is 2. The molecule has 0 radical (unpaired) electrons. The van der Waals surface area contributed by atoms with Crippen LogP contribution in [-0.4, -0.2) is 38.3 Å². The number of hydrogen-bond acceptors (Lipinski definition) is 3. The standard InChI is InChI=1S/C27H31N3O2/c1-20-18-24(28-30(20)19-21-10-4-2-5-11-21)26(31)29-17-16-27(32,22-12-6-3-7-13-22)23-14-8-9-15-25(23)29/h2-7,10-13,18,23,25,32H,8-9,14-17,19H2,1H3/t23-,25?,27-/m1/s1. The molecule has 2 heterocycles. The molecule has 2 aromatic carbocycles. The molecular formula is C27H31N3O2. The first kappa shape index (κ1) is 21.0. The molecule has 5 rings (SSSR count). The van der Waals surface area contributed by atoms with Crippen LogP contribution in [0.25, 0.3) is 0 Å². The van der Waals surface area contributed by atoms with Crippen molar-refractivity contribution >= 4 is 5.91 Å².